The maximum absolute atomic E-state index is 11.0. The van der Waals surface area contributed by atoms with Gasteiger partial charge in [-0.05, 0) is 88.3 Å². The number of hydrogen-bond donors (Lipinski definition) is 0. The van der Waals surface area contributed by atoms with E-state index in [-0.39, 0.29) is 0 Å². The Morgan fingerprint density at radius 2 is 1.09 bits per heavy atom. The van der Waals surface area contributed by atoms with Gasteiger partial charge in [0.05, 0.1) is 0 Å². The molecule has 0 unspecified atom stereocenters. The fourth-order valence-corrected chi connectivity index (χ4v) is 6.25. The molecule has 1 fully saturated rings. The summed E-state index contributed by atoms with van der Waals surface area (Å²) in [7, 11) is 0. The van der Waals surface area contributed by atoms with Crippen LogP contribution in [0.15, 0.2) is 145 Å². The summed E-state index contributed by atoms with van der Waals surface area (Å²) in [5.74, 6) is 0. The Morgan fingerprint density at radius 3 is 1.64 bits per heavy atom. The average molecular weight is 791 g/mol. The Bertz CT molecular complexity index is 2240. The third-order valence-electron chi connectivity index (χ3n) is 8.23. The number of aryl methyl sites for hydroxylation is 3. The minimum absolute atomic E-state index is 0.500. The number of benzene rings is 4. The van der Waals surface area contributed by atoms with Crippen molar-refractivity contribution >= 4 is 70.6 Å². The number of hydrogen-bond acceptors (Lipinski definition) is 5. The molecule has 0 spiro atoms. The van der Waals surface area contributed by atoms with Gasteiger partial charge in [0.1, 0.15) is 5.15 Å². The highest BCUT2D eigenvalue weighted by Gasteiger charge is 2.02. The summed E-state index contributed by atoms with van der Waals surface area (Å²) in [4.78, 5) is 12.3. The lowest BCUT2D eigenvalue weighted by Gasteiger charge is -2.01. The summed E-state index contributed by atoms with van der Waals surface area (Å²) >= 11 is 9.35. The molecule has 53 heavy (non-hydrogen) atoms. The molecule has 0 N–H and O–H groups in total. The van der Waals surface area contributed by atoms with Gasteiger partial charge < -0.3 is 9.94 Å². The molecule has 6 nitrogen and oxygen atoms in total. The van der Waals surface area contributed by atoms with E-state index in [1.165, 1.54) is 45.3 Å². The lowest BCUT2D eigenvalue weighted by molar-refractivity contribution is -0.604. The van der Waals surface area contributed by atoms with Gasteiger partial charge in [0.15, 0.2) is 12.4 Å². The number of halogens is 2. The lowest BCUT2D eigenvalue weighted by atomic mass is 10.1. The first kappa shape index (κ1) is 39.3. The molecule has 272 valence electrons. The minimum Gasteiger partial charge on any atom is -0.619 e. The first-order valence-corrected chi connectivity index (χ1v) is 18.6. The van der Waals surface area contributed by atoms with Gasteiger partial charge in [-0.2, -0.15) is 4.73 Å². The van der Waals surface area contributed by atoms with E-state index in [9.17, 15) is 5.21 Å². The van der Waals surface area contributed by atoms with E-state index in [2.05, 4.69) is 68.1 Å². The molecule has 8 aromatic rings. The van der Waals surface area contributed by atoms with Crippen molar-refractivity contribution in [3.63, 3.8) is 0 Å². The Hall–Kier alpha value is -4.95. The standard InChI is InChI=1S/C10H8ClN.C10H9NO.C10H9N.C9H6BrN.C4H8O.C2H6/c1-7-6-12-10(11)9-5-3-2-4-8(7)9;1-8-6-11(12)7-9-4-2-3-5-10(8)9;1-8-6-11-7-9-4-2-3-5-10(8)9;10-9-6-11-5-7-3-1-2-4-8(7)9;1-2-4-5-3-1;1-2/h2-6H,1H3;2-7H,1H3;2-7H,1H3;1-6H;1-4H2;1-2H3/i;;;;;1D. The first-order chi connectivity index (χ1) is 26.2. The largest absolute Gasteiger partial charge is 0.619 e. The lowest BCUT2D eigenvalue weighted by Crippen LogP contribution is -2.24. The third-order valence-corrected chi connectivity index (χ3v) is 9.17. The van der Waals surface area contributed by atoms with Crippen LogP contribution in [-0.2, 0) is 4.74 Å². The summed E-state index contributed by atoms with van der Waals surface area (Å²) in [6.45, 7) is 10.3. The van der Waals surface area contributed by atoms with Gasteiger partial charge in [-0.25, -0.2) is 4.98 Å². The Morgan fingerprint density at radius 1 is 0.623 bits per heavy atom. The van der Waals surface area contributed by atoms with Crippen LogP contribution in [0.25, 0.3) is 43.1 Å². The monoisotopic (exact) mass is 789 g/mol. The molecule has 1 saturated heterocycles. The van der Waals surface area contributed by atoms with Gasteiger partial charge in [0.2, 0.25) is 0 Å². The van der Waals surface area contributed by atoms with E-state index in [0.29, 0.717) is 12.1 Å². The Balaban J connectivity index is 0.000000150. The zero-order valence-electron chi connectivity index (χ0n) is 31.7. The fraction of sp³-hybridized carbons (Fsp3) is 0.200. The highest BCUT2D eigenvalue weighted by molar-refractivity contribution is 9.10. The van der Waals surface area contributed by atoms with Crippen molar-refractivity contribution in [1.82, 2.24) is 15.0 Å². The highest BCUT2D eigenvalue weighted by Crippen LogP contribution is 2.23. The zero-order valence-corrected chi connectivity index (χ0v) is 33.0. The predicted molar refractivity (Wildman–Crippen MR) is 226 cm³/mol. The van der Waals surface area contributed by atoms with Gasteiger partial charge in [-0.3, -0.25) is 9.97 Å². The van der Waals surface area contributed by atoms with Crippen LogP contribution in [-0.4, -0.2) is 28.2 Å². The number of ether oxygens (including phenoxy) is 1. The van der Waals surface area contributed by atoms with Crippen molar-refractivity contribution < 1.29 is 10.8 Å². The van der Waals surface area contributed by atoms with Gasteiger partial charge in [0, 0.05) is 77.1 Å². The minimum atomic E-state index is 0.500. The molecule has 0 amide bonds. The fourth-order valence-electron chi connectivity index (χ4n) is 5.56. The van der Waals surface area contributed by atoms with E-state index >= 15 is 0 Å². The molecule has 9 rings (SSSR count). The number of pyridine rings is 4. The van der Waals surface area contributed by atoms with Crippen LogP contribution in [0, 0.1) is 26.0 Å². The van der Waals surface area contributed by atoms with Crippen LogP contribution in [0.4, 0.5) is 0 Å². The first-order valence-electron chi connectivity index (χ1n) is 18.2. The summed E-state index contributed by atoms with van der Waals surface area (Å²) in [6.07, 6.45) is 15.0. The molecule has 0 bridgehead atoms. The van der Waals surface area contributed by atoms with Crippen LogP contribution in [0.2, 0.25) is 5.15 Å². The maximum Gasteiger partial charge on any atom is 0.188 e. The van der Waals surface area contributed by atoms with Crippen molar-refractivity contribution in [2.24, 2.45) is 0 Å². The van der Waals surface area contributed by atoms with Crippen LogP contribution in [0.3, 0.4) is 0 Å². The van der Waals surface area contributed by atoms with E-state index in [1.54, 1.807) is 25.5 Å². The normalized spacial score (nSPS) is 11.6. The number of aromatic nitrogens is 4. The van der Waals surface area contributed by atoms with Crippen molar-refractivity contribution in [2.75, 3.05) is 13.2 Å². The average Bonchev–Trinajstić information content (AvgIpc) is 3.79. The van der Waals surface area contributed by atoms with Crippen LogP contribution in [0.5, 0.6) is 0 Å². The summed E-state index contributed by atoms with van der Waals surface area (Å²) < 4.78 is 13.0. The van der Waals surface area contributed by atoms with Crippen molar-refractivity contribution in [1.29, 1.82) is 0 Å². The van der Waals surface area contributed by atoms with Gasteiger partial charge in [0.25, 0.3) is 0 Å². The zero-order chi connectivity index (χ0) is 38.7. The summed E-state index contributed by atoms with van der Waals surface area (Å²) in [5, 5.41) is 20.8. The van der Waals surface area contributed by atoms with Gasteiger partial charge in [-0.1, -0.05) is 116 Å². The molecule has 1 aliphatic heterocycles. The SMILES string of the molecule is Brc1cncc2ccccc12.C1CCOC1.Cc1c[n+]([O-])cc2ccccc12.Cc1cnc(Cl)c2ccccc12.Cc1cncc2ccccc12.[2H]CC. The van der Waals surface area contributed by atoms with Gasteiger partial charge in [-0.15, -0.1) is 0 Å². The van der Waals surface area contributed by atoms with Crippen molar-refractivity contribution in [3.05, 3.63) is 172 Å². The summed E-state index contributed by atoms with van der Waals surface area (Å²) in [6, 6.07) is 32.3. The van der Waals surface area contributed by atoms with Gasteiger partial charge >= 0.3 is 0 Å². The number of fused-ring (bicyclic) bond motifs is 4. The van der Waals surface area contributed by atoms with Crippen molar-refractivity contribution in [2.45, 2.75) is 47.4 Å². The van der Waals surface area contributed by atoms with E-state index < -0.39 is 0 Å². The molecule has 1 aliphatic rings. The molecule has 0 radical (unpaired) electrons. The molecule has 4 aromatic heterocycles. The third kappa shape index (κ3) is 12.0. The second kappa shape index (κ2) is 21.5. The Labute approximate surface area is 327 Å². The van der Waals surface area contributed by atoms with Crippen LogP contribution in [0.1, 0.15) is 44.7 Å². The molecule has 0 aliphatic carbocycles. The van der Waals surface area contributed by atoms with Crippen molar-refractivity contribution in [3.8, 4) is 0 Å². The molecule has 8 heteroatoms. The van der Waals surface area contributed by atoms with Crippen LogP contribution < -0.4 is 4.73 Å². The molecular weight excluding hydrogens is 744 g/mol. The van der Waals surface area contributed by atoms with E-state index in [1.807, 2.05) is 105 Å². The molecule has 0 atom stereocenters. The maximum atomic E-state index is 11.0. The number of rotatable bonds is 0. The number of nitrogens with zero attached hydrogens (tertiary/aromatic N) is 4. The second-order valence-electron chi connectivity index (χ2n) is 12.0. The van der Waals surface area contributed by atoms with E-state index in [4.69, 9.17) is 17.7 Å². The smallest absolute Gasteiger partial charge is 0.188 e. The summed E-state index contributed by atoms with van der Waals surface area (Å²) in [5.41, 5.74) is 3.42. The molecule has 5 heterocycles. The highest BCUT2D eigenvalue weighted by atomic mass is 79.9. The second-order valence-corrected chi connectivity index (χ2v) is 13.2. The molecule has 0 saturated carbocycles. The molecule has 4 aromatic carbocycles. The molecular formula is C45H46BrClN4O2. The van der Waals surface area contributed by atoms with Crippen LogP contribution >= 0.6 is 27.5 Å². The quantitative estimate of drug-likeness (QED) is 0.0869. The van der Waals surface area contributed by atoms with E-state index in [0.717, 1.165) is 49.7 Å². The predicted octanol–water partition coefficient (Wildman–Crippen LogP) is 12.3. The Kier molecular flexibility index (Phi) is 16.0. The topological polar surface area (TPSA) is 74.8 Å².